The standard InChI is InChI=1S/C20H26N4O3S/c1-21-20(23-14-16-5-3-4-6-19(16)27-2)22-13-15-7-11-18(12-8-15)28(25,26)24-17-9-10-17/h3-8,11-12,17,24H,9-10,13-14H2,1-2H3,(H2,21,22,23). The van der Waals surface area contributed by atoms with Gasteiger partial charge in [-0.25, -0.2) is 13.1 Å². The molecule has 3 rings (SSSR count). The average molecular weight is 403 g/mol. The van der Waals surface area contributed by atoms with E-state index in [1.54, 1.807) is 26.3 Å². The zero-order valence-electron chi connectivity index (χ0n) is 16.1. The molecule has 0 saturated heterocycles. The maximum atomic E-state index is 12.2. The van der Waals surface area contributed by atoms with Gasteiger partial charge in [-0.05, 0) is 36.6 Å². The predicted octanol–water partition coefficient (Wildman–Crippen LogP) is 2.00. The second kappa shape index (κ2) is 9.07. The van der Waals surface area contributed by atoms with Gasteiger partial charge in [0.05, 0.1) is 12.0 Å². The van der Waals surface area contributed by atoms with Crippen molar-refractivity contribution in [1.29, 1.82) is 0 Å². The summed E-state index contributed by atoms with van der Waals surface area (Å²) in [6.07, 6.45) is 1.84. The molecule has 150 valence electrons. The minimum Gasteiger partial charge on any atom is -0.496 e. The third kappa shape index (κ3) is 5.46. The number of para-hydroxylation sites is 1. The molecule has 1 aliphatic rings. The molecular formula is C20H26N4O3S. The quantitative estimate of drug-likeness (QED) is 0.464. The summed E-state index contributed by atoms with van der Waals surface area (Å²) in [6.45, 7) is 1.11. The smallest absolute Gasteiger partial charge is 0.240 e. The molecule has 0 heterocycles. The summed E-state index contributed by atoms with van der Waals surface area (Å²) in [5, 5.41) is 6.47. The first-order chi connectivity index (χ1) is 13.5. The van der Waals surface area contributed by atoms with Crippen molar-refractivity contribution in [2.24, 2.45) is 4.99 Å². The molecule has 1 saturated carbocycles. The molecule has 0 unspecified atom stereocenters. The molecule has 0 atom stereocenters. The average Bonchev–Trinajstić information content (AvgIpc) is 3.52. The van der Waals surface area contributed by atoms with E-state index in [1.165, 1.54) is 0 Å². The Morgan fingerprint density at radius 2 is 1.75 bits per heavy atom. The molecule has 2 aromatic rings. The zero-order valence-corrected chi connectivity index (χ0v) is 16.9. The molecule has 8 heteroatoms. The van der Waals surface area contributed by atoms with Crippen LogP contribution in [0.25, 0.3) is 0 Å². The van der Waals surface area contributed by atoms with E-state index in [-0.39, 0.29) is 6.04 Å². The van der Waals surface area contributed by atoms with Crippen molar-refractivity contribution in [3.63, 3.8) is 0 Å². The third-order valence-electron chi connectivity index (χ3n) is 4.46. The Morgan fingerprint density at radius 3 is 2.39 bits per heavy atom. The minimum atomic E-state index is -3.41. The Balaban J connectivity index is 1.53. The molecule has 28 heavy (non-hydrogen) atoms. The van der Waals surface area contributed by atoms with Crippen LogP contribution in [0, 0.1) is 0 Å². The Hall–Kier alpha value is -2.58. The lowest BCUT2D eigenvalue weighted by Crippen LogP contribution is -2.36. The van der Waals surface area contributed by atoms with Crippen molar-refractivity contribution in [1.82, 2.24) is 15.4 Å². The van der Waals surface area contributed by atoms with Crippen LogP contribution in [0.15, 0.2) is 58.4 Å². The number of rotatable bonds is 8. The van der Waals surface area contributed by atoms with Crippen LogP contribution in [0.2, 0.25) is 0 Å². The van der Waals surface area contributed by atoms with Crippen molar-refractivity contribution >= 4 is 16.0 Å². The number of sulfonamides is 1. The fourth-order valence-corrected chi connectivity index (χ4v) is 4.01. The summed E-state index contributed by atoms with van der Waals surface area (Å²) in [7, 11) is -0.0601. The molecule has 0 aromatic heterocycles. The number of benzene rings is 2. The van der Waals surface area contributed by atoms with E-state index in [4.69, 9.17) is 4.74 Å². The van der Waals surface area contributed by atoms with E-state index in [0.717, 1.165) is 29.7 Å². The summed E-state index contributed by atoms with van der Waals surface area (Å²) in [5.41, 5.74) is 2.00. The van der Waals surface area contributed by atoms with Gasteiger partial charge in [0.15, 0.2) is 5.96 Å². The van der Waals surface area contributed by atoms with Gasteiger partial charge in [-0.2, -0.15) is 0 Å². The van der Waals surface area contributed by atoms with Crippen LogP contribution >= 0.6 is 0 Å². The van der Waals surface area contributed by atoms with Gasteiger partial charge in [0.1, 0.15) is 5.75 Å². The molecule has 7 nitrogen and oxygen atoms in total. The van der Waals surface area contributed by atoms with Gasteiger partial charge in [-0.1, -0.05) is 30.3 Å². The maximum absolute atomic E-state index is 12.2. The minimum absolute atomic E-state index is 0.101. The highest BCUT2D eigenvalue weighted by atomic mass is 32.2. The highest BCUT2D eigenvalue weighted by Gasteiger charge is 2.27. The number of hydrogen-bond donors (Lipinski definition) is 3. The van der Waals surface area contributed by atoms with E-state index in [9.17, 15) is 8.42 Å². The van der Waals surface area contributed by atoms with Crippen molar-refractivity contribution in [2.75, 3.05) is 14.2 Å². The molecule has 0 spiro atoms. The molecule has 3 N–H and O–H groups in total. The van der Waals surface area contributed by atoms with Crippen LogP contribution in [0.1, 0.15) is 24.0 Å². The van der Waals surface area contributed by atoms with Crippen molar-refractivity contribution in [3.05, 3.63) is 59.7 Å². The second-order valence-corrected chi connectivity index (χ2v) is 8.34. The van der Waals surface area contributed by atoms with Crippen molar-refractivity contribution in [2.45, 2.75) is 36.9 Å². The number of aliphatic imine (C=N–C) groups is 1. The first-order valence-corrected chi connectivity index (χ1v) is 10.7. The molecule has 0 radical (unpaired) electrons. The summed E-state index contributed by atoms with van der Waals surface area (Å²) in [4.78, 5) is 4.51. The SMILES string of the molecule is CN=C(NCc1ccc(S(=O)(=O)NC2CC2)cc1)NCc1ccccc1OC. The highest BCUT2D eigenvalue weighted by Crippen LogP contribution is 2.22. The number of ether oxygens (including phenoxy) is 1. The van der Waals surface area contributed by atoms with Crippen LogP contribution in [0.4, 0.5) is 0 Å². The van der Waals surface area contributed by atoms with Gasteiger partial charge < -0.3 is 15.4 Å². The largest absolute Gasteiger partial charge is 0.496 e. The number of nitrogens with zero attached hydrogens (tertiary/aromatic N) is 1. The lowest BCUT2D eigenvalue weighted by atomic mass is 10.2. The normalized spacial score (nSPS) is 14.6. The zero-order chi connectivity index (χ0) is 20.0. The van der Waals surface area contributed by atoms with Crippen LogP contribution in [0.5, 0.6) is 5.75 Å². The Kier molecular flexibility index (Phi) is 6.53. The van der Waals surface area contributed by atoms with E-state index >= 15 is 0 Å². The molecule has 1 aliphatic carbocycles. The first kappa shape index (κ1) is 20.2. The number of nitrogens with one attached hydrogen (secondary N) is 3. The number of methoxy groups -OCH3 is 1. The van der Waals surface area contributed by atoms with E-state index in [0.29, 0.717) is 23.9 Å². The van der Waals surface area contributed by atoms with Crippen LogP contribution in [-0.4, -0.2) is 34.6 Å². The Morgan fingerprint density at radius 1 is 1.07 bits per heavy atom. The van der Waals surface area contributed by atoms with Crippen LogP contribution in [-0.2, 0) is 23.1 Å². The molecular weight excluding hydrogens is 376 g/mol. The summed E-state index contributed by atoms with van der Waals surface area (Å²) >= 11 is 0. The molecule has 0 bridgehead atoms. The second-order valence-electron chi connectivity index (χ2n) is 6.63. The topological polar surface area (TPSA) is 91.8 Å². The van der Waals surface area contributed by atoms with Crippen LogP contribution in [0.3, 0.4) is 0 Å². The van der Waals surface area contributed by atoms with Crippen LogP contribution < -0.4 is 20.1 Å². The lowest BCUT2D eigenvalue weighted by molar-refractivity contribution is 0.409. The number of hydrogen-bond acceptors (Lipinski definition) is 4. The summed E-state index contributed by atoms with van der Waals surface area (Å²) in [5.74, 6) is 1.47. The summed E-state index contributed by atoms with van der Waals surface area (Å²) in [6, 6.07) is 14.8. The maximum Gasteiger partial charge on any atom is 0.240 e. The third-order valence-corrected chi connectivity index (χ3v) is 5.99. The Bertz CT molecular complexity index is 923. The van der Waals surface area contributed by atoms with Gasteiger partial charge in [-0.3, -0.25) is 4.99 Å². The van der Waals surface area contributed by atoms with Crippen molar-refractivity contribution < 1.29 is 13.2 Å². The molecule has 1 fully saturated rings. The Labute approximate surface area is 166 Å². The van der Waals surface area contributed by atoms with Gasteiger partial charge >= 0.3 is 0 Å². The van der Waals surface area contributed by atoms with Gasteiger partial charge in [-0.15, -0.1) is 0 Å². The summed E-state index contributed by atoms with van der Waals surface area (Å²) < 4.78 is 32.5. The van der Waals surface area contributed by atoms with E-state index in [1.807, 2.05) is 36.4 Å². The lowest BCUT2D eigenvalue weighted by Gasteiger charge is -2.14. The van der Waals surface area contributed by atoms with E-state index < -0.39 is 10.0 Å². The number of guanidine groups is 1. The highest BCUT2D eigenvalue weighted by molar-refractivity contribution is 7.89. The fourth-order valence-electron chi connectivity index (χ4n) is 2.71. The van der Waals surface area contributed by atoms with Gasteiger partial charge in [0.25, 0.3) is 0 Å². The molecule has 2 aromatic carbocycles. The fraction of sp³-hybridized carbons (Fsp3) is 0.350. The van der Waals surface area contributed by atoms with Gasteiger partial charge in [0, 0.05) is 31.7 Å². The first-order valence-electron chi connectivity index (χ1n) is 9.19. The van der Waals surface area contributed by atoms with Crippen molar-refractivity contribution in [3.8, 4) is 5.75 Å². The molecule has 0 aliphatic heterocycles. The van der Waals surface area contributed by atoms with E-state index in [2.05, 4.69) is 20.3 Å². The van der Waals surface area contributed by atoms with Gasteiger partial charge in [0.2, 0.25) is 10.0 Å². The molecule has 0 amide bonds. The monoisotopic (exact) mass is 402 g/mol. The predicted molar refractivity (Wildman–Crippen MR) is 110 cm³/mol.